The van der Waals surface area contributed by atoms with Gasteiger partial charge in [0.1, 0.15) is 18.3 Å². The highest BCUT2D eigenvalue weighted by molar-refractivity contribution is 5.66. The van der Waals surface area contributed by atoms with Crippen molar-refractivity contribution in [2.24, 2.45) is 0 Å². The Morgan fingerprint density at radius 3 is 2.64 bits per heavy atom. The van der Waals surface area contributed by atoms with E-state index in [1.165, 1.54) is 13.1 Å². The van der Waals surface area contributed by atoms with E-state index in [0.717, 1.165) is 4.57 Å². The number of aromatic amines is 1. The normalized spacial score (nSPS) is 27.4. The smallest absolute Gasteiger partial charge is 0.330 e. The van der Waals surface area contributed by atoms with Crippen LogP contribution >= 0.6 is 0 Å². The van der Waals surface area contributed by atoms with Crippen LogP contribution in [0.2, 0.25) is 0 Å². The fourth-order valence-electron chi connectivity index (χ4n) is 2.80. The van der Waals surface area contributed by atoms with Crippen molar-refractivity contribution in [2.75, 3.05) is 0 Å². The van der Waals surface area contributed by atoms with E-state index in [2.05, 4.69) is 4.98 Å². The average molecular weight is 358 g/mol. The van der Waals surface area contributed by atoms with Crippen LogP contribution < -0.4 is 11.2 Å². The van der Waals surface area contributed by atoms with E-state index < -0.39 is 47.9 Å². The summed E-state index contributed by atoms with van der Waals surface area (Å²) in [5, 5.41) is 39.0. The van der Waals surface area contributed by atoms with Crippen molar-refractivity contribution in [1.29, 1.82) is 0 Å². The number of carboxylic acid groups (broad SMARTS) is 1. The zero-order valence-corrected chi connectivity index (χ0v) is 13.7. The fraction of sp³-hybridized carbons (Fsp3) is 0.667. The first-order chi connectivity index (χ1) is 11.7. The summed E-state index contributed by atoms with van der Waals surface area (Å²) in [6.07, 6.45) is -4.31. The summed E-state index contributed by atoms with van der Waals surface area (Å²) in [6.45, 7) is 1.47. The molecule has 1 aromatic heterocycles. The highest BCUT2D eigenvalue weighted by atomic mass is 16.6. The molecule has 2 unspecified atom stereocenters. The van der Waals surface area contributed by atoms with E-state index in [9.17, 15) is 29.7 Å². The van der Waals surface area contributed by atoms with Crippen molar-refractivity contribution >= 4 is 5.97 Å². The minimum atomic E-state index is -1.47. The van der Waals surface area contributed by atoms with Crippen LogP contribution in [0.1, 0.15) is 37.5 Å². The van der Waals surface area contributed by atoms with Crippen LogP contribution in [0.25, 0.3) is 0 Å². The zero-order chi connectivity index (χ0) is 18.7. The van der Waals surface area contributed by atoms with Crippen molar-refractivity contribution in [3.63, 3.8) is 0 Å². The van der Waals surface area contributed by atoms with E-state index in [-0.39, 0.29) is 18.4 Å². The molecular weight excluding hydrogens is 336 g/mol. The molecule has 1 fully saturated rings. The van der Waals surface area contributed by atoms with E-state index in [1.807, 2.05) is 0 Å². The van der Waals surface area contributed by atoms with Crippen LogP contribution in [0.5, 0.6) is 0 Å². The lowest BCUT2D eigenvalue weighted by atomic mass is 10.0. The lowest BCUT2D eigenvalue weighted by molar-refractivity contribution is -0.137. The first-order valence-corrected chi connectivity index (χ1v) is 7.96. The molecule has 2 rings (SSSR count). The number of rotatable bonds is 7. The third kappa shape index (κ3) is 4.34. The quantitative estimate of drug-likeness (QED) is 0.367. The number of aryl methyl sites for hydroxylation is 1. The molecule has 5 N–H and O–H groups in total. The molecule has 140 valence electrons. The Kier molecular flexibility index (Phi) is 6.11. The fourth-order valence-corrected chi connectivity index (χ4v) is 2.80. The second-order valence-corrected chi connectivity index (χ2v) is 6.16. The summed E-state index contributed by atoms with van der Waals surface area (Å²) < 4.78 is 6.42. The number of aliphatic hydroxyl groups is 3. The Morgan fingerprint density at radius 1 is 1.32 bits per heavy atom. The molecule has 0 radical (unpaired) electrons. The van der Waals surface area contributed by atoms with E-state index in [1.54, 1.807) is 0 Å². The SMILES string of the molecule is Cc1cn(C2O[C@H](C(O)CCCCC(=O)O)[C@@H](O)[C@@H]2O)c(=O)[nH]c1=O. The Bertz CT molecular complexity index is 727. The van der Waals surface area contributed by atoms with Crippen LogP contribution in [-0.4, -0.2) is 60.4 Å². The summed E-state index contributed by atoms with van der Waals surface area (Å²) in [4.78, 5) is 35.9. The number of hydrogen-bond acceptors (Lipinski definition) is 7. The molecule has 10 heteroatoms. The number of carboxylic acids is 1. The van der Waals surface area contributed by atoms with Crippen molar-refractivity contribution < 1.29 is 30.0 Å². The number of unbranched alkanes of at least 4 members (excludes halogenated alkanes) is 1. The molecule has 1 aliphatic heterocycles. The van der Waals surface area contributed by atoms with Crippen molar-refractivity contribution in [3.8, 4) is 0 Å². The molecule has 2 heterocycles. The lowest BCUT2D eigenvalue weighted by Crippen LogP contribution is -2.39. The van der Waals surface area contributed by atoms with Crippen LogP contribution in [0.3, 0.4) is 0 Å². The maximum atomic E-state index is 11.9. The van der Waals surface area contributed by atoms with E-state index in [4.69, 9.17) is 9.84 Å². The standard InChI is InChI=1S/C15H22N2O8/c1-7-6-17(15(24)16-13(7)23)14-11(22)10(21)12(25-14)8(18)4-2-3-5-9(19)20/h6,8,10-12,14,18,21-22H,2-5H2,1H3,(H,19,20)(H,16,23,24)/t8?,10-,11-,12+,14?/m0/s1. The molecule has 0 aromatic carbocycles. The Balaban J connectivity index is 2.07. The van der Waals surface area contributed by atoms with Crippen LogP contribution in [0.15, 0.2) is 15.8 Å². The van der Waals surface area contributed by atoms with Gasteiger partial charge in [-0.3, -0.25) is 19.1 Å². The highest BCUT2D eigenvalue weighted by Gasteiger charge is 2.46. The summed E-state index contributed by atoms with van der Waals surface area (Å²) in [7, 11) is 0. The van der Waals surface area contributed by atoms with Gasteiger partial charge in [-0.25, -0.2) is 4.79 Å². The number of aliphatic hydroxyl groups excluding tert-OH is 3. The maximum absolute atomic E-state index is 11.9. The van der Waals surface area contributed by atoms with Crippen molar-refractivity contribution in [1.82, 2.24) is 9.55 Å². The Labute approximate surface area is 142 Å². The molecule has 0 saturated carbocycles. The summed E-state index contributed by atoms with van der Waals surface area (Å²) >= 11 is 0. The van der Waals surface area contributed by atoms with Gasteiger partial charge in [0, 0.05) is 18.2 Å². The molecule has 1 saturated heterocycles. The molecule has 25 heavy (non-hydrogen) atoms. The molecule has 1 aliphatic rings. The summed E-state index contributed by atoms with van der Waals surface area (Å²) in [5.74, 6) is -0.935. The third-order valence-corrected chi connectivity index (χ3v) is 4.22. The van der Waals surface area contributed by atoms with Gasteiger partial charge in [-0.05, 0) is 19.8 Å². The summed E-state index contributed by atoms with van der Waals surface area (Å²) in [6, 6.07) is 0. The maximum Gasteiger partial charge on any atom is 0.330 e. The zero-order valence-electron chi connectivity index (χ0n) is 13.7. The molecule has 0 aliphatic carbocycles. The average Bonchev–Trinajstić information content (AvgIpc) is 2.83. The summed E-state index contributed by atoms with van der Waals surface area (Å²) in [5.41, 5.74) is -1.14. The number of aromatic nitrogens is 2. The van der Waals surface area contributed by atoms with Gasteiger partial charge < -0.3 is 25.2 Å². The number of ether oxygens (including phenoxy) is 1. The van der Waals surface area contributed by atoms with Gasteiger partial charge >= 0.3 is 11.7 Å². The number of nitrogens with zero attached hydrogens (tertiary/aromatic N) is 1. The largest absolute Gasteiger partial charge is 0.481 e. The molecule has 1 aromatic rings. The number of hydrogen-bond donors (Lipinski definition) is 5. The number of carbonyl (C=O) groups is 1. The van der Waals surface area contributed by atoms with Gasteiger partial charge in [-0.1, -0.05) is 6.42 Å². The van der Waals surface area contributed by atoms with Crippen LogP contribution in [-0.2, 0) is 9.53 Å². The van der Waals surface area contributed by atoms with Gasteiger partial charge in [0.2, 0.25) is 0 Å². The molecule has 10 nitrogen and oxygen atoms in total. The monoisotopic (exact) mass is 358 g/mol. The lowest BCUT2D eigenvalue weighted by Gasteiger charge is -2.21. The number of H-pyrrole nitrogens is 1. The molecule has 0 spiro atoms. The first kappa shape index (κ1) is 19.3. The van der Waals surface area contributed by atoms with Crippen LogP contribution in [0, 0.1) is 6.92 Å². The van der Waals surface area contributed by atoms with Gasteiger partial charge in [0.25, 0.3) is 5.56 Å². The number of nitrogens with one attached hydrogen (secondary N) is 1. The van der Waals surface area contributed by atoms with Gasteiger partial charge in [0.15, 0.2) is 6.23 Å². The molecule has 0 bridgehead atoms. The predicted molar refractivity (Wildman–Crippen MR) is 84.1 cm³/mol. The van der Waals surface area contributed by atoms with Crippen molar-refractivity contribution in [3.05, 3.63) is 32.6 Å². The topological polar surface area (TPSA) is 162 Å². The minimum absolute atomic E-state index is 0.0297. The Morgan fingerprint density at radius 2 is 2.00 bits per heavy atom. The second kappa shape index (κ2) is 7.91. The van der Waals surface area contributed by atoms with Gasteiger partial charge in [-0.2, -0.15) is 0 Å². The third-order valence-electron chi connectivity index (χ3n) is 4.22. The van der Waals surface area contributed by atoms with Gasteiger partial charge in [0.05, 0.1) is 6.10 Å². The molecule has 0 amide bonds. The molecule has 5 atom stereocenters. The predicted octanol–water partition coefficient (Wildman–Crippen LogP) is -1.53. The first-order valence-electron chi connectivity index (χ1n) is 7.96. The minimum Gasteiger partial charge on any atom is -0.481 e. The highest BCUT2D eigenvalue weighted by Crippen LogP contribution is 2.31. The second-order valence-electron chi connectivity index (χ2n) is 6.16. The van der Waals surface area contributed by atoms with Crippen LogP contribution in [0.4, 0.5) is 0 Å². The van der Waals surface area contributed by atoms with Crippen molar-refractivity contribution in [2.45, 2.75) is 63.3 Å². The Hall–Kier alpha value is -2.01. The molecular formula is C15H22N2O8. The van der Waals surface area contributed by atoms with Gasteiger partial charge in [-0.15, -0.1) is 0 Å². The van der Waals surface area contributed by atoms with E-state index in [0.29, 0.717) is 12.8 Å². The number of aliphatic carboxylic acids is 1. The van der Waals surface area contributed by atoms with E-state index >= 15 is 0 Å².